The molecule has 0 aromatic heterocycles. The van der Waals surface area contributed by atoms with Crippen LogP contribution in [0.15, 0.2) is 39.2 Å². The third-order valence-electron chi connectivity index (χ3n) is 3.18. The molecule has 0 atom stereocenters. The van der Waals surface area contributed by atoms with Crippen LogP contribution in [0.5, 0.6) is 0 Å². The maximum absolute atomic E-state index is 11.9. The summed E-state index contributed by atoms with van der Waals surface area (Å²) in [6.07, 6.45) is 2.72. The van der Waals surface area contributed by atoms with Gasteiger partial charge >= 0.3 is 0 Å². The maximum Gasteiger partial charge on any atom is 0.249 e. The number of hydrogen-bond acceptors (Lipinski definition) is 3. The highest BCUT2D eigenvalue weighted by Crippen LogP contribution is 2.27. The Morgan fingerprint density at radius 1 is 1.14 bits per heavy atom. The van der Waals surface area contributed by atoms with E-state index in [0.29, 0.717) is 17.0 Å². The summed E-state index contributed by atoms with van der Waals surface area (Å²) in [5, 5.41) is 0. The second kappa shape index (κ2) is 8.45. The van der Waals surface area contributed by atoms with E-state index in [2.05, 4.69) is 11.9 Å². The van der Waals surface area contributed by atoms with Crippen LogP contribution in [-0.4, -0.2) is 11.6 Å². The Bertz CT molecular complexity index is 516. The van der Waals surface area contributed by atoms with Gasteiger partial charge in [-0.3, -0.25) is 4.79 Å². The topological polar surface area (TPSA) is 81.5 Å². The smallest absolute Gasteiger partial charge is 0.249 e. The van der Waals surface area contributed by atoms with Crippen LogP contribution in [0.1, 0.15) is 54.9 Å². The van der Waals surface area contributed by atoms with Crippen molar-refractivity contribution in [3.8, 4) is 0 Å². The average Bonchev–Trinajstić information content (AvgIpc) is 2.35. The number of amides is 1. The SMILES string of the molecule is CC\C(C)=C(C)/C(C(=C\C(C)C)/C(N)=O)=C(/N)N=C(C)C. The molecule has 0 spiro atoms. The highest BCUT2D eigenvalue weighted by atomic mass is 16.1. The Balaban J connectivity index is 6.45. The van der Waals surface area contributed by atoms with Crippen molar-refractivity contribution in [3.05, 3.63) is 34.2 Å². The molecule has 0 aliphatic heterocycles. The van der Waals surface area contributed by atoms with Gasteiger partial charge in [0.25, 0.3) is 0 Å². The van der Waals surface area contributed by atoms with Crippen LogP contribution in [0, 0.1) is 5.92 Å². The van der Waals surface area contributed by atoms with Crippen LogP contribution in [-0.2, 0) is 4.79 Å². The first-order valence-electron chi connectivity index (χ1n) is 7.32. The standard InChI is InChI=1S/C17H29N3O/c1-8-12(6)13(7)15(16(18)20-11(4)5)14(17(19)21)9-10(2)3/h9-10H,8,18H2,1-7H3,(H2,19,21)/b13-12-,14-9+,16-15+. The fourth-order valence-corrected chi connectivity index (χ4v) is 1.93. The highest BCUT2D eigenvalue weighted by molar-refractivity contribution is 5.98. The van der Waals surface area contributed by atoms with E-state index in [0.717, 1.165) is 23.3 Å². The molecule has 0 fully saturated rings. The molecule has 0 aromatic rings. The van der Waals surface area contributed by atoms with Gasteiger partial charge in [0.15, 0.2) is 0 Å². The first kappa shape index (κ1) is 19.2. The van der Waals surface area contributed by atoms with Gasteiger partial charge in [-0.25, -0.2) is 4.99 Å². The Morgan fingerprint density at radius 2 is 1.67 bits per heavy atom. The number of hydrogen-bond donors (Lipinski definition) is 2. The molecule has 0 unspecified atom stereocenters. The number of carbonyl (C=O) groups is 1. The lowest BCUT2D eigenvalue weighted by Crippen LogP contribution is -2.20. The monoisotopic (exact) mass is 291 g/mol. The first-order valence-corrected chi connectivity index (χ1v) is 7.32. The van der Waals surface area contributed by atoms with Crippen LogP contribution >= 0.6 is 0 Å². The minimum atomic E-state index is -0.478. The van der Waals surface area contributed by atoms with Gasteiger partial charge in [-0.2, -0.15) is 0 Å². The molecule has 118 valence electrons. The molecular formula is C17H29N3O. The van der Waals surface area contributed by atoms with Gasteiger partial charge < -0.3 is 11.5 Å². The Morgan fingerprint density at radius 3 is 2.00 bits per heavy atom. The van der Waals surface area contributed by atoms with Gasteiger partial charge in [0.2, 0.25) is 5.91 Å². The Kier molecular flexibility index (Phi) is 7.71. The van der Waals surface area contributed by atoms with Crippen molar-refractivity contribution in [2.45, 2.75) is 54.9 Å². The Hall–Kier alpha value is -1.84. The Labute approximate surface area is 128 Å². The summed E-state index contributed by atoms with van der Waals surface area (Å²) >= 11 is 0. The lowest BCUT2D eigenvalue weighted by atomic mass is 9.91. The van der Waals surface area contributed by atoms with Crippen molar-refractivity contribution in [1.29, 1.82) is 0 Å². The number of nitrogens with zero attached hydrogens (tertiary/aromatic N) is 1. The molecule has 4 N–H and O–H groups in total. The molecule has 4 nitrogen and oxygen atoms in total. The summed E-state index contributed by atoms with van der Waals surface area (Å²) in [5.74, 6) is 0.0524. The molecule has 0 rings (SSSR count). The van der Waals surface area contributed by atoms with Crippen molar-refractivity contribution in [1.82, 2.24) is 0 Å². The van der Waals surface area contributed by atoms with Crippen molar-refractivity contribution < 1.29 is 4.79 Å². The molecule has 1 amide bonds. The molecule has 21 heavy (non-hydrogen) atoms. The molecule has 0 saturated carbocycles. The minimum Gasteiger partial charge on any atom is -0.383 e. The van der Waals surface area contributed by atoms with Crippen molar-refractivity contribution >= 4 is 11.6 Å². The third kappa shape index (κ3) is 5.98. The molecule has 4 heteroatoms. The van der Waals surface area contributed by atoms with Gasteiger partial charge in [0.05, 0.1) is 0 Å². The van der Waals surface area contributed by atoms with Gasteiger partial charge in [-0.05, 0) is 45.6 Å². The molecule has 0 bridgehead atoms. The predicted octanol–water partition coefficient (Wildman–Crippen LogP) is 3.45. The van der Waals surface area contributed by atoms with Gasteiger partial charge in [0.1, 0.15) is 5.82 Å². The van der Waals surface area contributed by atoms with Crippen LogP contribution in [0.3, 0.4) is 0 Å². The molecule has 0 aliphatic carbocycles. The van der Waals surface area contributed by atoms with E-state index >= 15 is 0 Å². The van der Waals surface area contributed by atoms with E-state index in [1.54, 1.807) is 0 Å². The maximum atomic E-state index is 11.9. The van der Waals surface area contributed by atoms with E-state index < -0.39 is 5.91 Å². The summed E-state index contributed by atoms with van der Waals surface area (Å²) in [6, 6.07) is 0. The van der Waals surface area contributed by atoms with Crippen LogP contribution in [0.2, 0.25) is 0 Å². The second-order valence-corrected chi connectivity index (χ2v) is 5.77. The predicted molar refractivity (Wildman–Crippen MR) is 90.8 cm³/mol. The van der Waals surface area contributed by atoms with Gasteiger partial charge in [-0.15, -0.1) is 0 Å². The van der Waals surface area contributed by atoms with Crippen LogP contribution in [0.4, 0.5) is 0 Å². The molecule has 0 aromatic carbocycles. The minimum absolute atomic E-state index is 0.191. The van der Waals surface area contributed by atoms with Crippen molar-refractivity contribution in [2.75, 3.05) is 0 Å². The normalized spacial score (nSPS) is 14.6. The van der Waals surface area contributed by atoms with E-state index in [1.165, 1.54) is 0 Å². The van der Waals surface area contributed by atoms with Crippen molar-refractivity contribution in [2.24, 2.45) is 22.4 Å². The summed E-state index contributed by atoms with van der Waals surface area (Å²) in [6.45, 7) is 13.8. The number of rotatable bonds is 6. The van der Waals surface area contributed by atoms with E-state index in [9.17, 15) is 4.79 Å². The number of allylic oxidation sites excluding steroid dienone is 3. The summed E-state index contributed by atoms with van der Waals surface area (Å²) in [5.41, 5.74) is 15.8. The number of nitrogens with two attached hydrogens (primary N) is 2. The first-order chi connectivity index (χ1) is 9.61. The van der Waals surface area contributed by atoms with Crippen LogP contribution < -0.4 is 11.5 Å². The van der Waals surface area contributed by atoms with E-state index in [1.807, 2.05) is 47.6 Å². The molecule has 0 saturated heterocycles. The number of carbonyl (C=O) groups excluding carboxylic acids is 1. The molecular weight excluding hydrogens is 262 g/mol. The quantitative estimate of drug-likeness (QED) is 0.446. The summed E-state index contributed by atoms with van der Waals surface area (Å²) < 4.78 is 0. The van der Waals surface area contributed by atoms with Crippen molar-refractivity contribution in [3.63, 3.8) is 0 Å². The second-order valence-electron chi connectivity index (χ2n) is 5.77. The fraction of sp³-hybridized carbons (Fsp3) is 0.529. The average molecular weight is 291 g/mol. The van der Waals surface area contributed by atoms with E-state index in [-0.39, 0.29) is 5.92 Å². The third-order valence-corrected chi connectivity index (χ3v) is 3.18. The van der Waals surface area contributed by atoms with Gasteiger partial charge in [-0.1, -0.05) is 32.4 Å². The lowest BCUT2D eigenvalue weighted by Gasteiger charge is -2.16. The summed E-state index contributed by atoms with van der Waals surface area (Å²) in [7, 11) is 0. The highest BCUT2D eigenvalue weighted by Gasteiger charge is 2.18. The van der Waals surface area contributed by atoms with Gasteiger partial charge in [0, 0.05) is 16.9 Å². The number of primary amides is 1. The number of aliphatic imine (C=N–C) groups is 1. The lowest BCUT2D eigenvalue weighted by molar-refractivity contribution is -0.114. The van der Waals surface area contributed by atoms with E-state index in [4.69, 9.17) is 11.5 Å². The van der Waals surface area contributed by atoms with Crippen LogP contribution in [0.25, 0.3) is 0 Å². The molecule has 0 aliphatic rings. The largest absolute Gasteiger partial charge is 0.383 e. The molecule has 0 radical (unpaired) electrons. The zero-order valence-electron chi connectivity index (χ0n) is 14.4. The summed E-state index contributed by atoms with van der Waals surface area (Å²) in [4.78, 5) is 16.2. The zero-order valence-corrected chi connectivity index (χ0v) is 14.4. The fourth-order valence-electron chi connectivity index (χ4n) is 1.93. The molecule has 0 heterocycles. The zero-order chi connectivity index (χ0) is 16.7.